The van der Waals surface area contributed by atoms with Crippen molar-refractivity contribution in [1.29, 1.82) is 0 Å². The van der Waals surface area contributed by atoms with Gasteiger partial charge in [0.15, 0.2) is 5.78 Å². The molecular weight excluding hydrogens is 266 g/mol. The smallest absolute Gasteiger partial charge is 0.258 e. The van der Waals surface area contributed by atoms with Gasteiger partial charge >= 0.3 is 0 Å². The highest BCUT2D eigenvalue weighted by atomic mass is 16.5. The van der Waals surface area contributed by atoms with Crippen molar-refractivity contribution in [2.24, 2.45) is 0 Å². The molecule has 1 aliphatic heterocycles. The van der Waals surface area contributed by atoms with Crippen LogP contribution >= 0.6 is 0 Å². The van der Waals surface area contributed by atoms with Crippen LogP contribution in [-0.2, 0) is 0 Å². The summed E-state index contributed by atoms with van der Waals surface area (Å²) < 4.78 is 5.15. The number of ketones is 1. The number of ether oxygens (including phenoxy) is 1. The quantitative estimate of drug-likeness (QED) is 0.850. The molecule has 0 aromatic heterocycles. The molecule has 0 aliphatic carbocycles. The first-order chi connectivity index (χ1) is 10.2. The highest BCUT2D eigenvalue weighted by Crippen LogP contribution is 2.31. The number of amides is 1. The van der Waals surface area contributed by atoms with Crippen LogP contribution in [0.2, 0.25) is 0 Å². The topological polar surface area (TPSA) is 46.6 Å². The molecule has 0 spiro atoms. The minimum Gasteiger partial charge on any atom is -0.497 e. The number of methoxy groups -OCH3 is 1. The lowest BCUT2D eigenvalue weighted by Gasteiger charge is -2.29. The molecule has 1 aliphatic rings. The highest BCUT2D eigenvalue weighted by Gasteiger charge is 2.28. The molecule has 0 unspecified atom stereocenters. The Morgan fingerprint density at radius 1 is 1.14 bits per heavy atom. The Balaban J connectivity index is 2.02. The van der Waals surface area contributed by atoms with E-state index in [2.05, 4.69) is 0 Å². The van der Waals surface area contributed by atoms with E-state index in [0.717, 1.165) is 0 Å². The van der Waals surface area contributed by atoms with Crippen molar-refractivity contribution in [1.82, 2.24) is 0 Å². The van der Waals surface area contributed by atoms with Crippen LogP contribution < -0.4 is 9.64 Å². The molecule has 0 atom stereocenters. The zero-order chi connectivity index (χ0) is 14.8. The van der Waals surface area contributed by atoms with Gasteiger partial charge < -0.3 is 9.64 Å². The van der Waals surface area contributed by atoms with Crippen molar-refractivity contribution >= 4 is 17.4 Å². The summed E-state index contributed by atoms with van der Waals surface area (Å²) >= 11 is 0. The number of nitrogens with zero attached hydrogens (tertiary/aromatic N) is 1. The van der Waals surface area contributed by atoms with E-state index in [4.69, 9.17) is 4.74 Å². The maximum absolute atomic E-state index is 12.6. The summed E-state index contributed by atoms with van der Waals surface area (Å²) in [6, 6.07) is 14.3. The van der Waals surface area contributed by atoms with Crippen molar-refractivity contribution in [3.63, 3.8) is 0 Å². The van der Waals surface area contributed by atoms with E-state index in [1.807, 2.05) is 18.2 Å². The monoisotopic (exact) mass is 281 g/mol. The molecule has 0 bridgehead atoms. The van der Waals surface area contributed by atoms with Crippen LogP contribution in [0.15, 0.2) is 48.5 Å². The number of carbonyl (C=O) groups excluding carboxylic acids is 2. The number of carbonyl (C=O) groups is 2. The van der Waals surface area contributed by atoms with Gasteiger partial charge in [-0.2, -0.15) is 0 Å². The van der Waals surface area contributed by atoms with Gasteiger partial charge in [0.1, 0.15) is 5.75 Å². The molecular formula is C17H15NO3. The van der Waals surface area contributed by atoms with Gasteiger partial charge in [-0.3, -0.25) is 9.59 Å². The summed E-state index contributed by atoms with van der Waals surface area (Å²) in [7, 11) is 1.56. The number of Topliss-reactive ketones (excluding diaryl/α,β-unsaturated/α-hetero) is 1. The lowest BCUT2D eigenvalue weighted by atomic mass is 9.99. The number of hydrogen-bond acceptors (Lipinski definition) is 3. The van der Waals surface area contributed by atoms with Crippen LogP contribution in [-0.4, -0.2) is 25.3 Å². The Morgan fingerprint density at radius 2 is 1.90 bits per heavy atom. The molecule has 0 saturated carbocycles. The van der Waals surface area contributed by atoms with Crippen LogP contribution in [0.4, 0.5) is 5.69 Å². The lowest BCUT2D eigenvalue weighted by Crippen LogP contribution is -2.37. The molecule has 106 valence electrons. The van der Waals surface area contributed by atoms with Gasteiger partial charge in [0, 0.05) is 24.1 Å². The number of benzene rings is 2. The maximum Gasteiger partial charge on any atom is 0.258 e. The zero-order valence-corrected chi connectivity index (χ0v) is 11.7. The van der Waals surface area contributed by atoms with Crippen molar-refractivity contribution in [2.75, 3.05) is 18.6 Å². The first-order valence-electron chi connectivity index (χ1n) is 6.79. The van der Waals surface area contributed by atoms with Crippen LogP contribution in [0, 0.1) is 0 Å². The summed E-state index contributed by atoms with van der Waals surface area (Å²) in [4.78, 5) is 26.3. The molecule has 4 heteroatoms. The number of rotatable bonds is 2. The largest absolute Gasteiger partial charge is 0.497 e. The molecule has 0 N–H and O–H groups in total. The summed E-state index contributed by atoms with van der Waals surface area (Å²) in [6.45, 7) is 0.409. The fraction of sp³-hybridized carbons (Fsp3) is 0.176. The number of anilines is 1. The first-order valence-corrected chi connectivity index (χ1v) is 6.79. The summed E-state index contributed by atoms with van der Waals surface area (Å²) in [6.07, 6.45) is 0.332. The molecule has 2 aromatic carbocycles. The van der Waals surface area contributed by atoms with Crippen LogP contribution in [0.25, 0.3) is 0 Å². The van der Waals surface area contributed by atoms with E-state index in [9.17, 15) is 9.59 Å². The Hall–Kier alpha value is -2.62. The zero-order valence-electron chi connectivity index (χ0n) is 11.7. The van der Waals surface area contributed by atoms with Gasteiger partial charge in [0.25, 0.3) is 5.91 Å². The second-order valence-electron chi connectivity index (χ2n) is 4.88. The van der Waals surface area contributed by atoms with E-state index in [1.165, 1.54) is 0 Å². The maximum atomic E-state index is 12.6. The molecule has 4 nitrogen and oxygen atoms in total. The third-order valence-electron chi connectivity index (χ3n) is 3.62. The van der Waals surface area contributed by atoms with Crippen molar-refractivity contribution in [3.05, 3.63) is 59.7 Å². The average Bonchev–Trinajstić information content (AvgIpc) is 2.55. The molecule has 0 fully saturated rings. The standard InChI is InChI=1S/C17H15NO3/c1-21-13-7-8-15-14(11-13)16(19)9-10-18(15)17(20)12-5-3-2-4-6-12/h2-8,11H,9-10H2,1H3. The lowest BCUT2D eigenvalue weighted by molar-refractivity contribution is 0.0955. The fourth-order valence-corrected chi connectivity index (χ4v) is 2.52. The van der Waals surface area contributed by atoms with Gasteiger partial charge in [-0.1, -0.05) is 18.2 Å². The Bertz CT molecular complexity index is 694. The minimum atomic E-state index is -0.0884. The predicted octanol–water partition coefficient (Wildman–Crippen LogP) is 2.93. The van der Waals surface area contributed by atoms with Gasteiger partial charge in [0.05, 0.1) is 12.8 Å². The molecule has 0 saturated heterocycles. The van der Waals surface area contributed by atoms with E-state index < -0.39 is 0 Å². The Morgan fingerprint density at radius 3 is 2.62 bits per heavy atom. The first kappa shape index (κ1) is 13.4. The molecule has 0 radical (unpaired) electrons. The third-order valence-corrected chi connectivity index (χ3v) is 3.62. The summed E-state index contributed by atoms with van der Waals surface area (Å²) in [5.41, 5.74) is 1.82. The van der Waals surface area contributed by atoms with E-state index in [-0.39, 0.29) is 11.7 Å². The van der Waals surface area contributed by atoms with E-state index in [0.29, 0.717) is 35.5 Å². The predicted molar refractivity (Wildman–Crippen MR) is 80.1 cm³/mol. The Kier molecular flexibility index (Phi) is 3.44. The van der Waals surface area contributed by atoms with Gasteiger partial charge in [-0.15, -0.1) is 0 Å². The average molecular weight is 281 g/mol. The van der Waals surface area contributed by atoms with Crippen molar-refractivity contribution < 1.29 is 14.3 Å². The minimum absolute atomic E-state index is 0.0426. The highest BCUT2D eigenvalue weighted by molar-refractivity contribution is 6.13. The molecule has 1 heterocycles. The van der Waals surface area contributed by atoms with Gasteiger partial charge in [-0.05, 0) is 30.3 Å². The number of hydrogen-bond donors (Lipinski definition) is 0. The number of fused-ring (bicyclic) bond motifs is 1. The van der Waals surface area contributed by atoms with Crippen LogP contribution in [0.3, 0.4) is 0 Å². The van der Waals surface area contributed by atoms with Crippen LogP contribution in [0.1, 0.15) is 27.1 Å². The summed E-state index contributed by atoms with van der Waals surface area (Å²) in [5, 5.41) is 0. The van der Waals surface area contributed by atoms with E-state index in [1.54, 1.807) is 42.3 Å². The normalized spacial score (nSPS) is 13.8. The van der Waals surface area contributed by atoms with E-state index >= 15 is 0 Å². The van der Waals surface area contributed by atoms with Gasteiger partial charge in [0.2, 0.25) is 0 Å². The van der Waals surface area contributed by atoms with Crippen molar-refractivity contribution in [2.45, 2.75) is 6.42 Å². The molecule has 2 aromatic rings. The molecule has 3 rings (SSSR count). The van der Waals surface area contributed by atoms with Crippen LogP contribution in [0.5, 0.6) is 5.75 Å². The van der Waals surface area contributed by atoms with Gasteiger partial charge in [-0.25, -0.2) is 0 Å². The molecule has 21 heavy (non-hydrogen) atoms. The third kappa shape index (κ3) is 2.40. The Labute approximate surface area is 123 Å². The fourth-order valence-electron chi connectivity index (χ4n) is 2.52. The SMILES string of the molecule is COc1ccc2c(c1)C(=O)CCN2C(=O)c1ccccc1. The van der Waals surface area contributed by atoms with Crippen molar-refractivity contribution in [3.8, 4) is 5.75 Å². The second kappa shape index (κ2) is 5.40. The molecule has 1 amide bonds. The second-order valence-corrected chi connectivity index (χ2v) is 4.88. The summed E-state index contributed by atoms with van der Waals surface area (Å²) in [5.74, 6) is 0.576.